The SMILES string of the molecule is O=C(C/C(=C\C(c1ccccc1)C1SC(=S)NC1=O)c1ccc(Cl)cc1)c1ccccc1. The van der Waals surface area contributed by atoms with Crippen LogP contribution in [0.2, 0.25) is 5.02 Å². The van der Waals surface area contributed by atoms with Crippen molar-refractivity contribution in [2.24, 2.45) is 0 Å². The topological polar surface area (TPSA) is 46.2 Å². The molecule has 1 aliphatic rings. The van der Waals surface area contributed by atoms with Gasteiger partial charge in [0, 0.05) is 22.9 Å². The Morgan fingerprint density at radius 2 is 1.59 bits per heavy atom. The monoisotopic (exact) mass is 477 g/mol. The number of thioether (sulfide) groups is 1. The van der Waals surface area contributed by atoms with Crippen LogP contribution in [0, 0.1) is 0 Å². The molecule has 1 aliphatic heterocycles. The van der Waals surface area contributed by atoms with Crippen LogP contribution < -0.4 is 5.32 Å². The van der Waals surface area contributed by atoms with Crippen molar-refractivity contribution in [2.75, 3.05) is 0 Å². The van der Waals surface area contributed by atoms with Crippen molar-refractivity contribution in [3.8, 4) is 0 Å². The zero-order valence-electron chi connectivity index (χ0n) is 17.0. The number of carbonyl (C=O) groups excluding carboxylic acids is 2. The minimum absolute atomic E-state index is 0.0117. The molecule has 3 nitrogen and oxygen atoms in total. The molecule has 1 fully saturated rings. The second-order valence-corrected chi connectivity index (χ2v) is 9.67. The van der Waals surface area contributed by atoms with Gasteiger partial charge in [-0.25, -0.2) is 0 Å². The first-order valence-electron chi connectivity index (χ1n) is 10.1. The third-order valence-corrected chi connectivity index (χ3v) is 6.99. The lowest BCUT2D eigenvalue weighted by molar-refractivity contribution is -0.118. The van der Waals surface area contributed by atoms with Gasteiger partial charge in [0.1, 0.15) is 9.57 Å². The standard InChI is InChI=1S/C26H20ClNO2S2/c27-21-13-11-17(12-14-21)20(16-23(29)19-9-5-2-6-10-19)15-22(18-7-3-1-4-8-18)24-25(30)28-26(31)32-24/h1-15,22,24H,16H2,(H,28,30,31)/b20-15+. The molecule has 3 aromatic carbocycles. The van der Waals surface area contributed by atoms with Gasteiger partial charge in [-0.1, -0.05) is 114 Å². The molecule has 0 saturated carbocycles. The van der Waals surface area contributed by atoms with E-state index in [9.17, 15) is 9.59 Å². The van der Waals surface area contributed by atoms with Gasteiger partial charge in [-0.2, -0.15) is 0 Å². The fourth-order valence-electron chi connectivity index (χ4n) is 3.68. The van der Waals surface area contributed by atoms with E-state index in [0.29, 0.717) is 14.9 Å². The van der Waals surface area contributed by atoms with E-state index >= 15 is 0 Å². The van der Waals surface area contributed by atoms with E-state index in [1.54, 1.807) is 12.1 Å². The van der Waals surface area contributed by atoms with Gasteiger partial charge in [0.2, 0.25) is 5.91 Å². The van der Waals surface area contributed by atoms with Gasteiger partial charge in [0.05, 0.1) is 0 Å². The van der Waals surface area contributed by atoms with Crippen LogP contribution in [0.3, 0.4) is 0 Å². The Labute approximate surface area is 201 Å². The van der Waals surface area contributed by atoms with Crippen molar-refractivity contribution in [1.29, 1.82) is 0 Å². The predicted octanol–water partition coefficient (Wildman–Crippen LogP) is 6.30. The number of hydrogen-bond acceptors (Lipinski definition) is 4. The first-order valence-corrected chi connectivity index (χ1v) is 11.8. The zero-order valence-corrected chi connectivity index (χ0v) is 19.4. The Kier molecular flexibility index (Phi) is 7.20. The molecular formula is C26H20ClNO2S2. The molecule has 0 spiro atoms. The number of halogens is 1. The highest BCUT2D eigenvalue weighted by atomic mass is 35.5. The molecule has 4 rings (SSSR count). The lowest BCUT2D eigenvalue weighted by Crippen LogP contribution is -2.28. The number of benzene rings is 3. The Bertz CT molecular complexity index is 1160. The highest BCUT2D eigenvalue weighted by Gasteiger charge is 2.36. The molecule has 1 heterocycles. The lowest BCUT2D eigenvalue weighted by Gasteiger charge is -2.20. The predicted molar refractivity (Wildman–Crippen MR) is 136 cm³/mol. The number of nitrogens with one attached hydrogen (secondary N) is 1. The molecule has 0 aromatic heterocycles. The Hall–Kier alpha value is -2.73. The molecule has 32 heavy (non-hydrogen) atoms. The summed E-state index contributed by atoms with van der Waals surface area (Å²) in [6.45, 7) is 0. The maximum absolute atomic E-state index is 13.1. The van der Waals surface area contributed by atoms with Crippen LogP contribution in [0.15, 0.2) is 91.0 Å². The molecule has 1 N–H and O–H groups in total. The van der Waals surface area contributed by atoms with Crippen LogP contribution in [0.25, 0.3) is 5.57 Å². The van der Waals surface area contributed by atoms with Gasteiger partial charge >= 0.3 is 0 Å². The first-order chi connectivity index (χ1) is 15.5. The lowest BCUT2D eigenvalue weighted by atomic mass is 9.88. The summed E-state index contributed by atoms with van der Waals surface area (Å²) in [5.74, 6) is -0.358. The molecule has 2 atom stereocenters. The van der Waals surface area contributed by atoms with E-state index in [1.807, 2.05) is 78.9 Å². The van der Waals surface area contributed by atoms with Crippen LogP contribution in [0.5, 0.6) is 0 Å². The molecule has 0 aliphatic carbocycles. The molecule has 2 unspecified atom stereocenters. The third-order valence-electron chi connectivity index (χ3n) is 5.27. The van der Waals surface area contributed by atoms with Crippen molar-refractivity contribution in [1.82, 2.24) is 5.32 Å². The number of carbonyl (C=O) groups is 2. The maximum atomic E-state index is 13.1. The maximum Gasteiger partial charge on any atom is 0.239 e. The highest BCUT2D eigenvalue weighted by molar-refractivity contribution is 8.24. The summed E-state index contributed by atoms with van der Waals surface area (Å²) in [6.07, 6.45) is 2.24. The number of amides is 1. The van der Waals surface area contributed by atoms with E-state index in [0.717, 1.165) is 16.7 Å². The second kappa shape index (κ2) is 10.3. The summed E-state index contributed by atoms with van der Waals surface area (Å²) in [4.78, 5) is 25.8. The van der Waals surface area contributed by atoms with E-state index in [1.165, 1.54) is 11.8 Å². The van der Waals surface area contributed by atoms with Gasteiger partial charge in [0.25, 0.3) is 0 Å². The fourth-order valence-corrected chi connectivity index (χ4v) is 5.15. The van der Waals surface area contributed by atoms with Crippen LogP contribution >= 0.6 is 35.6 Å². The van der Waals surface area contributed by atoms with Crippen molar-refractivity contribution in [3.63, 3.8) is 0 Å². The smallest absolute Gasteiger partial charge is 0.239 e. The zero-order chi connectivity index (χ0) is 22.5. The molecule has 1 amide bonds. The molecule has 0 bridgehead atoms. The largest absolute Gasteiger partial charge is 0.311 e. The Morgan fingerprint density at radius 3 is 2.19 bits per heavy atom. The van der Waals surface area contributed by atoms with Gasteiger partial charge in [-0.3, -0.25) is 9.59 Å². The summed E-state index contributed by atoms with van der Waals surface area (Å²) in [6, 6.07) is 26.5. The van der Waals surface area contributed by atoms with Crippen LogP contribution in [-0.2, 0) is 4.79 Å². The van der Waals surface area contributed by atoms with E-state index in [-0.39, 0.29) is 24.0 Å². The fraction of sp³-hybridized carbons (Fsp3) is 0.115. The van der Waals surface area contributed by atoms with E-state index in [4.69, 9.17) is 23.8 Å². The molecule has 6 heteroatoms. The van der Waals surface area contributed by atoms with Crippen LogP contribution in [0.4, 0.5) is 0 Å². The molecule has 3 aromatic rings. The molecule has 160 valence electrons. The summed E-state index contributed by atoms with van der Waals surface area (Å²) in [5.41, 5.74) is 3.38. The summed E-state index contributed by atoms with van der Waals surface area (Å²) >= 11 is 12.7. The number of hydrogen-bond donors (Lipinski definition) is 1. The van der Waals surface area contributed by atoms with Gasteiger partial charge < -0.3 is 5.32 Å². The van der Waals surface area contributed by atoms with Crippen molar-refractivity contribution in [3.05, 3.63) is 113 Å². The quantitative estimate of drug-likeness (QED) is 0.320. The molecule has 0 radical (unpaired) electrons. The Balaban J connectivity index is 1.78. The number of allylic oxidation sites excluding steroid dienone is 2. The summed E-state index contributed by atoms with van der Waals surface area (Å²) < 4.78 is 0.475. The normalized spacial score (nSPS) is 17.2. The van der Waals surface area contributed by atoms with Crippen molar-refractivity contribution >= 4 is 57.2 Å². The second-order valence-electron chi connectivity index (χ2n) is 7.42. The van der Waals surface area contributed by atoms with Gasteiger partial charge in [-0.05, 0) is 28.8 Å². The number of Topliss-reactive ketones (excluding diaryl/α,β-unsaturated/α-hetero) is 1. The van der Waals surface area contributed by atoms with E-state index in [2.05, 4.69) is 5.32 Å². The number of rotatable bonds is 7. The minimum Gasteiger partial charge on any atom is -0.311 e. The molecule has 1 saturated heterocycles. The first kappa shape index (κ1) is 22.5. The highest BCUT2D eigenvalue weighted by Crippen LogP contribution is 2.37. The summed E-state index contributed by atoms with van der Waals surface area (Å²) in [7, 11) is 0. The minimum atomic E-state index is -0.404. The number of ketones is 1. The van der Waals surface area contributed by atoms with Crippen molar-refractivity contribution in [2.45, 2.75) is 17.6 Å². The Morgan fingerprint density at radius 1 is 0.969 bits per heavy atom. The van der Waals surface area contributed by atoms with E-state index < -0.39 is 5.25 Å². The van der Waals surface area contributed by atoms with Crippen molar-refractivity contribution < 1.29 is 9.59 Å². The average Bonchev–Trinajstić information content (AvgIpc) is 3.15. The molecular weight excluding hydrogens is 458 g/mol. The van der Waals surface area contributed by atoms with Crippen LogP contribution in [0.1, 0.15) is 33.8 Å². The third kappa shape index (κ3) is 5.36. The van der Waals surface area contributed by atoms with Gasteiger partial charge in [-0.15, -0.1) is 0 Å². The summed E-state index contributed by atoms with van der Waals surface area (Å²) in [5, 5.41) is 2.97. The van der Waals surface area contributed by atoms with Gasteiger partial charge in [0.15, 0.2) is 5.78 Å². The number of thiocarbonyl (C=S) groups is 1. The average molecular weight is 478 g/mol. The van der Waals surface area contributed by atoms with Crippen LogP contribution in [-0.4, -0.2) is 21.3 Å².